The summed E-state index contributed by atoms with van der Waals surface area (Å²) in [6.07, 6.45) is -0.651. The quantitative estimate of drug-likeness (QED) is 0.217. The monoisotopic (exact) mass is 596 g/mol. The maximum absolute atomic E-state index is 13.2. The molecule has 1 aliphatic heterocycles. The van der Waals surface area contributed by atoms with Crippen LogP contribution in [0.3, 0.4) is 0 Å². The summed E-state index contributed by atoms with van der Waals surface area (Å²) in [5, 5.41) is 15.8. The smallest absolute Gasteiger partial charge is 0.227 e. The van der Waals surface area contributed by atoms with E-state index < -0.39 is 6.10 Å². The zero-order valence-electron chi connectivity index (χ0n) is 22.0. The van der Waals surface area contributed by atoms with E-state index in [2.05, 4.69) is 19.9 Å². The number of ether oxygens (including phenoxy) is 1. The molecule has 212 valence electrons. The van der Waals surface area contributed by atoms with Gasteiger partial charge in [-0.2, -0.15) is 0 Å². The Kier molecular flexibility index (Phi) is 8.23. The van der Waals surface area contributed by atoms with Gasteiger partial charge in [0, 0.05) is 56.0 Å². The van der Waals surface area contributed by atoms with Crippen molar-refractivity contribution >= 4 is 34.3 Å². The van der Waals surface area contributed by atoms with Gasteiger partial charge < -0.3 is 18.8 Å². The maximum Gasteiger partial charge on any atom is 0.227 e. The van der Waals surface area contributed by atoms with Crippen LogP contribution in [-0.2, 0) is 6.54 Å². The Hall–Kier alpha value is -3.47. The molecule has 3 aromatic carbocycles. The van der Waals surface area contributed by atoms with Gasteiger partial charge in [0.05, 0.1) is 16.6 Å². The van der Waals surface area contributed by atoms with Gasteiger partial charge in [-0.05, 0) is 48.5 Å². The Morgan fingerprint density at radius 1 is 0.951 bits per heavy atom. The highest BCUT2D eigenvalue weighted by Crippen LogP contribution is 2.34. The van der Waals surface area contributed by atoms with Crippen LogP contribution in [0.1, 0.15) is 5.76 Å². The summed E-state index contributed by atoms with van der Waals surface area (Å²) in [4.78, 5) is 8.99. The van der Waals surface area contributed by atoms with Gasteiger partial charge in [-0.3, -0.25) is 9.80 Å². The Balaban J connectivity index is 0.968. The summed E-state index contributed by atoms with van der Waals surface area (Å²) in [5.41, 5.74) is 3.20. The molecule has 1 aliphatic rings. The minimum absolute atomic E-state index is 0.153. The number of oxazole rings is 1. The van der Waals surface area contributed by atoms with Gasteiger partial charge in [-0.15, -0.1) is 0 Å². The number of rotatable bonds is 9. The van der Waals surface area contributed by atoms with Gasteiger partial charge in [-0.25, -0.2) is 9.37 Å². The first kappa shape index (κ1) is 27.7. The van der Waals surface area contributed by atoms with E-state index in [-0.39, 0.29) is 12.4 Å². The Labute approximate surface area is 245 Å². The molecule has 11 heteroatoms. The summed E-state index contributed by atoms with van der Waals surface area (Å²) in [7, 11) is 0. The van der Waals surface area contributed by atoms with Crippen molar-refractivity contribution in [3.63, 3.8) is 0 Å². The number of benzene rings is 3. The molecule has 0 spiro atoms. The topological polar surface area (TPSA) is 88.0 Å². The van der Waals surface area contributed by atoms with Crippen LogP contribution < -0.4 is 4.74 Å². The number of fused-ring (bicyclic) bond motifs is 1. The van der Waals surface area contributed by atoms with E-state index in [1.807, 2.05) is 6.07 Å². The molecule has 0 saturated carbocycles. The fraction of sp³-hybridized carbons (Fsp3) is 0.267. The third-order valence-corrected chi connectivity index (χ3v) is 7.61. The van der Waals surface area contributed by atoms with E-state index in [0.717, 1.165) is 31.9 Å². The highest BCUT2D eigenvalue weighted by molar-refractivity contribution is 6.39. The predicted octanol–water partition coefficient (Wildman–Crippen LogP) is 6.15. The zero-order valence-corrected chi connectivity index (χ0v) is 23.5. The number of aliphatic hydroxyl groups is 1. The second-order valence-corrected chi connectivity index (χ2v) is 10.8. The molecule has 5 aromatic rings. The minimum Gasteiger partial charge on any atom is -0.491 e. The van der Waals surface area contributed by atoms with Gasteiger partial charge in [-0.1, -0.05) is 34.4 Å². The van der Waals surface area contributed by atoms with Crippen LogP contribution in [0.2, 0.25) is 10.0 Å². The van der Waals surface area contributed by atoms with Crippen molar-refractivity contribution in [1.29, 1.82) is 0 Å². The van der Waals surface area contributed by atoms with Gasteiger partial charge in [0.25, 0.3) is 0 Å². The molecule has 8 nitrogen and oxygen atoms in total. The molecule has 3 heterocycles. The lowest BCUT2D eigenvalue weighted by molar-refractivity contribution is 0.0430. The molecule has 1 saturated heterocycles. The van der Waals surface area contributed by atoms with E-state index in [9.17, 15) is 9.50 Å². The number of hydrogen-bond donors (Lipinski definition) is 1. The zero-order chi connectivity index (χ0) is 28.3. The van der Waals surface area contributed by atoms with Gasteiger partial charge in [0.15, 0.2) is 11.3 Å². The van der Waals surface area contributed by atoms with Crippen LogP contribution in [0.15, 0.2) is 75.7 Å². The molecule has 1 fully saturated rings. The molecule has 0 aliphatic carbocycles. The number of aliphatic hydroxyl groups excluding tert-OH is 1. The van der Waals surface area contributed by atoms with Crippen molar-refractivity contribution in [2.45, 2.75) is 12.6 Å². The lowest BCUT2D eigenvalue weighted by Crippen LogP contribution is -2.48. The van der Waals surface area contributed by atoms with Crippen LogP contribution in [0.4, 0.5) is 4.39 Å². The van der Waals surface area contributed by atoms with Crippen molar-refractivity contribution in [2.75, 3.05) is 39.3 Å². The lowest BCUT2D eigenvalue weighted by Gasteiger charge is -2.35. The summed E-state index contributed by atoms with van der Waals surface area (Å²) in [6, 6.07) is 18.5. The minimum atomic E-state index is -0.651. The molecule has 0 unspecified atom stereocenters. The van der Waals surface area contributed by atoms with Crippen molar-refractivity contribution < 1.29 is 23.2 Å². The third-order valence-electron chi connectivity index (χ3n) is 6.98. The first-order valence-corrected chi connectivity index (χ1v) is 14.0. The molecule has 41 heavy (non-hydrogen) atoms. The van der Waals surface area contributed by atoms with E-state index in [4.69, 9.17) is 36.9 Å². The SMILES string of the molecule is O[C@H](COc1ccc2oc(-c3ccc(F)cc3)nc2c1)CN1CCN(Cc2cc(-c3c(Cl)cccc3Cl)no2)CC1. The summed E-state index contributed by atoms with van der Waals surface area (Å²) in [5.74, 6) is 1.42. The first-order chi connectivity index (χ1) is 19.9. The number of β-amino-alcohol motifs (C(OH)–C–C–N with tert-alkyl or cyclic N) is 1. The molecular formula is C30H27Cl2FN4O4. The number of halogens is 3. The molecule has 2 aromatic heterocycles. The standard InChI is InChI=1S/C30H27Cl2FN4O4/c31-24-2-1-3-25(32)29(24)27-15-23(41-35-27)17-37-12-10-36(11-13-37)16-21(38)18-39-22-8-9-28-26(14-22)34-30(40-28)19-4-6-20(33)7-5-19/h1-9,14-15,21,38H,10-13,16-18H2/t21-/m0/s1. The first-order valence-electron chi connectivity index (χ1n) is 13.2. The number of piperazine rings is 1. The van der Waals surface area contributed by atoms with Crippen LogP contribution in [0.25, 0.3) is 33.8 Å². The van der Waals surface area contributed by atoms with Crippen molar-refractivity contribution in [1.82, 2.24) is 19.9 Å². The maximum atomic E-state index is 13.2. The van der Waals surface area contributed by atoms with Gasteiger partial charge in [0.2, 0.25) is 5.89 Å². The van der Waals surface area contributed by atoms with Crippen LogP contribution >= 0.6 is 23.2 Å². The number of hydrogen-bond acceptors (Lipinski definition) is 8. The highest BCUT2D eigenvalue weighted by atomic mass is 35.5. The van der Waals surface area contributed by atoms with E-state index in [1.165, 1.54) is 12.1 Å². The van der Waals surface area contributed by atoms with Crippen LogP contribution in [-0.4, -0.2) is 70.5 Å². The van der Waals surface area contributed by atoms with Crippen molar-refractivity contribution in [3.8, 4) is 28.5 Å². The van der Waals surface area contributed by atoms with E-state index in [0.29, 0.717) is 62.7 Å². The molecule has 0 amide bonds. The molecule has 1 N–H and O–H groups in total. The van der Waals surface area contributed by atoms with Gasteiger partial charge in [0.1, 0.15) is 35.5 Å². The second-order valence-electron chi connectivity index (χ2n) is 9.97. The molecular weight excluding hydrogens is 570 g/mol. The fourth-order valence-corrected chi connectivity index (χ4v) is 5.45. The Morgan fingerprint density at radius 3 is 2.44 bits per heavy atom. The molecule has 0 bridgehead atoms. The summed E-state index contributed by atoms with van der Waals surface area (Å²) < 4.78 is 30.4. The third kappa shape index (κ3) is 6.55. The second kappa shape index (κ2) is 12.2. The molecule has 0 radical (unpaired) electrons. The van der Waals surface area contributed by atoms with Crippen LogP contribution in [0, 0.1) is 5.82 Å². The average molecular weight is 597 g/mol. The van der Waals surface area contributed by atoms with E-state index in [1.54, 1.807) is 48.5 Å². The molecule has 1 atom stereocenters. The van der Waals surface area contributed by atoms with Crippen molar-refractivity contribution in [3.05, 3.63) is 88.4 Å². The predicted molar refractivity (Wildman–Crippen MR) is 155 cm³/mol. The fourth-order valence-electron chi connectivity index (χ4n) is 4.85. The summed E-state index contributed by atoms with van der Waals surface area (Å²) >= 11 is 12.6. The largest absolute Gasteiger partial charge is 0.491 e. The van der Waals surface area contributed by atoms with E-state index >= 15 is 0 Å². The highest BCUT2D eigenvalue weighted by Gasteiger charge is 2.22. The van der Waals surface area contributed by atoms with Gasteiger partial charge >= 0.3 is 0 Å². The average Bonchev–Trinajstić information content (AvgIpc) is 3.60. The number of aromatic nitrogens is 2. The summed E-state index contributed by atoms with van der Waals surface area (Å²) in [6.45, 7) is 4.57. The Bertz CT molecular complexity index is 1610. The van der Waals surface area contributed by atoms with Crippen molar-refractivity contribution in [2.24, 2.45) is 0 Å². The number of nitrogens with zero attached hydrogens (tertiary/aromatic N) is 4. The molecule has 6 rings (SSSR count). The normalized spacial score (nSPS) is 15.4. The Morgan fingerprint density at radius 2 is 1.68 bits per heavy atom. The lowest BCUT2D eigenvalue weighted by atomic mass is 10.1. The van der Waals surface area contributed by atoms with Crippen LogP contribution in [0.5, 0.6) is 5.75 Å².